The number of guanidine groups is 2. The second-order valence-corrected chi connectivity index (χ2v) is 9.36. The molecule has 3 rings (SSSR count). The van der Waals surface area contributed by atoms with Gasteiger partial charge in [0.1, 0.15) is 5.75 Å². The van der Waals surface area contributed by atoms with Crippen molar-refractivity contribution in [1.82, 2.24) is 5.06 Å². The Labute approximate surface area is 183 Å². The van der Waals surface area contributed by atoms with Gasteiger partial charge < -0.3 is 16.2 Å². The van der Waals surface area contributed by atoms with Gasteiger partial charge in [0.2, 0.25) is 11.9 Å². The topological polar surface area (TPSA) is 98.5 Å². The molecule has 0 radical (unpaired) electrons. The fourth-order valence-corrected chi connectivity index (χ4v) is 4.46. The highest BCUT2D eigenvalue weighted by atomic mass is 35.5. The van der Waals surface area contributed by atoms with Gasteiger partial charge in [-0.05, 0) is 34.6 Å². The molecule has 0 amide bonds. The summed E-state index contributed by atoms with van der Waals surface area (Å²) in [6.45, 7) is 7.64. The van der Waals surface area contributed by atoms with E-state index in [9.17, 15) is 0 Å². The molecule has 1 fully saturated rings. The second-order valence-electron chi connectivity index (χ2n) is 8.14. The van der Waals surface area contributed by atoms with E-state index in [1.165, 1.54) is 5.56 Å². The Bertz CT molecular complexity index is 727. The number of benzene rings is 1. The predicted octanol–water partition coefficient (Wildman–Crippen LogP) is 3.27. The average molecular weight is 442 g/mol. The van der Waals surface area contributed by atoms with Crippen LogP contribution in [0.1, 0.15) is 45.6 Å². The van der Waals surface area contributed by atoms with Gasteiger partial charge in [0.15, 0.2) is 5.66 Å². The van der Waals surface area contributed by atoms with Gasteiger partial charge in [-0.3, -0.25) is 4.84 Å². The normalized spacial score (nSPS) is 18.7. The summed E-state index contributed by atoms with van der Waals surface area (Å²) in [5, 5.41) is 1.65. The minimum Gasteiger partial charge on any atom is -0.494 e. The van der Waals surface area contributed by atoms with E-state index in [4.69, 9.17) is 21.0 Å². The Morgan fingerprint density at radius 1 is 1.10 bits per heavy atom. The first kappa shape index (κ1) is 23.6. The summed E-state index contributed by atoms with van der Waals surface area (Å²) in [6, 6.07) is 8.26. The Hall–Kier alpha value is -1.64. The zero-order valence-corrected chi connectivity index (χ0v) is 19.0. The van der Waals surface area contributed by atoms with E-state index < -0.39 is 5.66 Å². The Kier molecular flexibility index (Phi) is 8.08. The van der Waals surface area contributed by atoms with Crippen molar-refractivity contribution in [2.45, 2.75) is 51.1 Å². The Morgan fingerprint density at radius 3 is 2.38 bits per heavy atom. The van der Waals surface area contributed by atoms with E-state index in [1.807, 2.05) is 23.9 Å². The van der Waals surface area contributed by atoms with Crippen molar-refractivity contribution in [2.75, 3.05) is 24.7 Å². The fourth-order valence-electron chi connectivity index (χ4n) is 3.32. The molecule has 0 unspecified atom stereocenters. The highest BCUT2D eigenvalue weighted by Gasteiger charge is 2.43. The number of aliphatic imine (C=N–C) groups is 2. The highest BCUT2D eigenvalue weighted by molar-refractivity contribution is 7.99. The van der Waals surface area contributed by atoms with Crippen LogP contribution >= 0.6 is 24.2 Å². The minimum absolute atomic E-state index is 0. The Balaban J connectivity index is 0.00000300. The summed E-state index contributed by atoms with van der Waals surface area (Å²) in [4.78, 5) is 14.6. The van der Waals surface area contributed by atoms with Crippen LogP contribution in [0.25, 0.3) is 0 Å². The SMILES string of the molecule is CC(C)(C)c1ccc(OCCCON2C(N)=NC(N)=NC23CCSCC3)cc1.Cl. The van der Waals surface area contributed by atoms with Gasteiger partial charge in [-0.1, -0.05) is 32.9 Å². The number of hydroxylamine groups is 2. The van der Waals surface area contributed by atoms with Gasteiger partial charge in [0, 0.05) is 19.3 Å². The molecule has 2 aliphatic heterocycles. The number of hydrogen-bond donors (Lipinski definition) is 2. The van der Waals surface area contributed by atoms with Crippen LogP contribution in [0.3, 0.4) is 0 Å². The van der Waals surface area contributed by atoms with Crippen LogP contribution in [0.4, 0.5) is 0 Å². The lowest BCUT2D eigenvalue weighted by molar-refractivity contribution is -0.171. The molecular weight excluding hydrogens is 410 g/mol. The van der Waals surface area contributed by atoms with Gasteiger partial charge in [0.05, 0.1) is 13.2 Å². The summed E-state index contributed by atoms with van der Waals surface area (Å²) < 4.78 is 5.83. The molecule has 7 nitrogen and oxygen atoms in total. The first-order valence-corrected chi connectivity index (χ1v) is 10.9. The first-order valence-electron chi connectivity index (χ1n) is 9.74. The van der Waals surface area contributed by atoms with Gasteiger partial charge in [-0.25, -0.2) is 4.99 Å². The average Bonchev–Trinajstić information content (AvgIpc) is 2.63. The number of nitrogens with zero attached hydrogens (tertiary/aromatic N) is 3. The van der Waals surface area contributed by atoms with E-state index in [-0.39, 0.29) is 29.7 Å². The molecule has 0 saturated carbocycles. The first-order chi connectivity index (χ1) is 13.3. The van der Waals surface area contributed by atoms with E-state index in [0.29, 0.717) is 13.2 Å². The fraction of sp³-hybridized carbons (Fsp3) is 0.600. The maximum Gasteiger partial charge on any atom is 0.226 e. The van der Waals surface area contributed by atoms with Crippen LogP contribution in [0.5, 0.6) is 5.75 Å². The molecule has 1 aromatic rings. The summed E-state index contributed by atoms with van der Waals surface area (Å²) in [5.41, 5.74) is 12.8. The Morgan fingerprint density at radius 2 is 1.76 bits per heavy atom. The molecule has 1 spiro atoms. The zero-order valence-electron chi connectivity index (χ0n) is 17.4. The van der Waals surface area contributed by atoms with Crippen LogP contribution < -0.4 is 16.2 Å². The molecule has 1 aromatic carbocycles. The van der Waals surface area contributed by atoms with Gasteiger partial charge in [0.25, 0.3) is 0 Å². The number of hydrogen-bond acceptors (Lipinski definition) is 8. The zero-order chi connectivity index (χ0) is 20.2. The second kappa shape index (κ2) is 9.91. The number of thioether (sulfide) groups is 1. The van der Waals surface area contributed by atoms with Crippen molar-refractivity contribution < 1.29 is 9.57 Å². The van der Waals surface area contributed by atoms with Crippen molar-refractivity contribution in [3.05, 3.63) is 29.8 Å². The molecule has 0 bridgehead atoms. The number of halogens is 1. The van der Waals surface area contributed by atoms with Crippen molar-refractivity contribution in [3.8, 4) is 5.75 Å². The maximum absolute atomic E-state index is 6.08. The molecule has 0 aromatic heterocycles. The lowest BCUT2D eigenvalue weighted by Gasteiger charge is -2.43. The van der Waals surface area contributed by atoms with Gasteiger partial charge in [-0.2, -0.15) is 21.8 Å². The highest BCUT2D eigenvalue weighted by Crippen LogP contribution is 2.35. The largest absolute Gasteiger partial charge is 0.494 e. The molecule has 1 saturated heterocycles. The van der Waals surface area contributed by atoms with E-state index >= 15 is 0 Å². The minimum atomic E-state index is -0.523. The quantitative estimate of drug-likeness (QED) is 0.657. The maximum atomic E-state index is 6.08. The lowest BCUT2D eigenvalue weighted by Crippen LogP contribution is -2.58. The van der Waals surface area contributed by atoms with Crippen LogP contribution in [0, 0.1) is 0 Å². The van der Waals surface area contributed by atoms with Crippen molar-refractivity contribution >= 4 is 36.1 Å². The molecule has 9 heteroatoms. The van der Waals surface area contributed by atoms with Crippen LogP contribution in [0.15, 0.2) is 34.3 Å². The third-order valence-electron chi connectivity index (χ3n) is 4.93. The lowest BCUT2D eigenvalue weighted by atomic mass is 9.87. The molecule has 162 valence electrons. The third-order valence-corrected chi connectivity index (χ3v) is 5.92. The molecule has 2 heterocycles. The van der Waals surface area contributed by atoms with Crippen LogP contribution in [-0.4, -0.2) is 47.4 Å². The molecular formula is C20H32ClN5O2S. The number of rotatable bonds is 6. The number of nitrogens with two attached hydrogens (primary N) is 2. The summed E-state index contributed by atoms with van der Waals surface area (Å²) in [7, 11) is 0. The van der Waals surface area contributed by atoms with Crippen LogP contribution in [-0.2, 0) is 10.3 Å². The molecule has 29 heavy (non-hydrogen) atoms. The molecule has 0 aliphatic carbocycles. The summed E-state index contributed by atoms with van der Waals surface area (Å²) in [5.74, 6) is 3.37. The molecule has 4 N–H and O–H groups in total. The number of ether oxygens (including phenoxy) is 1. The molecule has 0 atom stereocenters. The predicted molar refractivity (Wildman–Crippen MR) is 123 cm³/mol. The van der Waals surface area contributed by atoms with E-state index in [1.54, 1.807) is 5.06 Å². The van der Waals surface area contributed by atoms with Crippen molar-refractivity contribution in [3.63, 3.8) is 0 Å². The van der Waals surface area contributed by atoms with Gasteiger partial charge in [-0.15, -0.1) is 12.4 Å². The van der Waals surface area contributed by atoms with Gasteiger partial charge >= 0.3 is 0 Å². The molecule has 2 aliphatic rings. The van der Waals surface area contributed by atoms with Crippen LogP contribution in [0.2, 0.25) is 0 Å². The smallest absolute Gasteiger partial charge is 0.226 e. The summed E-state index contributed by atoms with van der Waals surface area (Å²) in [6.07, 6.45) is 2.41. The van der Waals surface area contributed by atoms with Crippen molar-refractivity contribution in [2.24, 2.45) is 21.5 Å². The standard InChI is InChI=1S/C20H31N5O2S.ClH/c1-19(2,3)15-5-7-16(8-6-15)26-11-4-12-27-25-18(22)23-17(21)24-20(25)9-13-28-14-10-20;/h5-8H,4,9-14H2,1-3H3,(H4,21,22,23,24);1H. The van der Waals surface area contributed by atoms with Crippen molar-refractivity contribution in [1.29, 1.82) is 0 Å². The summed E-state index contributed by atoms with van der Waals surface area (Å²) >= 11 is 1.91. The van der Waals surface area contributed by atoms with E-state index in [2.05, 4.69) is 42.9 Å². The third kappa shape index (κ3) is 5.93. The van der Waals surface area contributed by atoms with E-state index in [0.717, 1.165) is 36.5 Å². The monoisotopic (exact) mass is 441 g/mol.